The van der Waals surface area contributed by atoms with Gasteiger partial charge in [0.25, 0.3) is 6.43 Å². The van der Waals surface area contributed by atoms with Crippen molar-refractivity contribution in [3.63, 3.8) is 0 Å². The minimum atomic E-state index is -2.28. The van der Waals surface area contributed by atoms with Gasteiger partial charge in [-0.2, -0.15) is 0 Å². The third-order valence-corrected chi connectivity index (χ3v) is 2.75. The zero-order chi connectivity index (χ0) is 12.5. The number of benzene rings is 1. The maximum Gasteiger partial charge on any atom is 0.251 e. The van der Waals surface area contributed by atoms with Crippen LogP contribution in [0.4, 0.5) is 8.78 Å². The van der Waals surface area contributed by atoms with Crippen LogP contribution in [-0.2, 0) is 6.42 Å². The molecule has 17 heavy (non-hydrogen) atoms. The standard InChI is InChI=1S/C13H18ClF2N/c14-8-10-17(11-13(15)16)9-4-7-12-5-2-1-3-6-12/h1-3,5-6,13H,4,7-11H2. The van der Waals surface area contributed by atoms with E-state index in [0.717, 1.165) is 12.8 Å². The van der Waals surface area contributed by atoms with Crippen molar-refractivity contribution < 1.29 is 8.78 Å². The van der Waals surface area contributed by atoms with Crippen LogP contribution >= 0.6 is 11.6 Å². The summed E-state index contributed by atoms with van der Waals surface area (Å²) in [5, 5.41) is 0. The number of hydrogen-bond acceptors (Lipinski definition) is 1. The normalized spacial score (nSPS) is 11.4. The van der Waals surface area contributed by atoms with E-state index in [2.05, 4.69) is 12.1 Å². The lowest BCUT2D eigenvalue weighted by molar-refractivity contribution is 0.0906. The summed E-state index contributed by atoms with van der Waals surface area (Å²) in [7, 11) is 0. The average Bonchev–Trinajstić information content (AvgIpc) is 2.30. The highest BCUT2D eigenvalue weighted by molar-refractivity contribution is 6.18. The summed E-state index contributed by atoms with van der Waals surface area (Å²) in [4.78, 5) is 1.72. The molecule has 1 nitrogen and oxygen atoms in total. The van der Waals surface area contributed by atoms with Crippen LogP contribution in [0.25, 0.3) is 0 Å². The van der Waals surface area contributed by atoms with Gasteiger partial charge in [0, 0.05) is 12.4 Å². The second-order valence-corrected chi connectivity index (χ2v) is 4.35. The van der Waals surface area contributed by atoms with Crippen molar-refractivity contribution in [1.82, 2.24) is 4.90 Å². The molecule has 0 unspecified atom stereocenters. The molecule has 0 radical (unpaired) electrons. The maximum atomic E-state index is 12.3. The summed E-state index contributed by atoms with van der Waals surface area (Å²) in [6.07, 6.45) is -0.480. The SMILES string of the molecule is FC(F)CN(CCCl)CCCc1ccccc1. The fourth-order valence-corrected chi connectivity index (χ4v) is 2.00. The lowest BCUT2D eigenvalue weighted by atomic mass is 10.1. The van der Waals surface area contributed by atoms with Crippen LogP contribution in [0.5, 0.6) is 0 Å². The molecule has 96 valence electrons. The average molecular weight is 262 g/mol. The Morgan fingerprint density at radius 2 is 1.82 bits per heavy atom. The number of hydrogen-bond donors (Lipinski definition) is 0. The quantitative estimate of drug-likeness (QED) is 0.648. The third kappa shape index (κ3) is 6.59. The van der Waals surface area contributed by atoms with Crippen molar-refractivity contribution in [3.05, 3.63) is 35.9 Å². The van der Waals surface area contributed by atoms with Crippen molar-refractivity contribution >= 4 is 11.6 Å². The number of aryl methyl sites for hydroxylation is 1. The summed E-state index contributed by atoms with van der Waals surface area (Å²) >= 11 is 5.59. The Labute approximate surface area is 106 Å². The predicted molar refractivity (Wildman–Crippen MR) is 67.9 cm³/mol. The van der Waals surface area contributed by atoms with E-state index >= 15 is 0 Å². The van der Waals surface area contributed by atoms with Crippen molar-refractivity contribution in [2.45, 2.75) is 19.3 Å². The first-order valence-electron chi connectivity index (χ1n) is 5.82. The van der Waals surface area contributed by atoms with Gasteiger partial charge in [-0.05, 0) is 24.9 Å². The van der Waals surface area contributed by atoms with E-state index in [-0.39, 0.29) is 6.54 Å². The predicted octanol–water partition coefficient (Wildman–Crippen LogP) is 3.43. The smallest absolute Gasteiger partial charge is 0.251 e. The zero-order valence-corrected chi connectivity index (χ0v) is 10.5. The molecular formula is C13H18ClF2N. The van der Waals surface area contributed by atoms with E-state index in [4.69, 9.17) is 11.6 Å². The molecule has 0 amide bonds. The van der Waals surface area contributed by atoms with Crippen LogP contribution in [-0.4, -0.2) is 36.8 Å². The Hall–Kier alpha value is -0.670. The van der Waals surface area contributed by atoms with E-state index in [0.29, 0.717) is 19.0 Å². The van der Waals surface area contributed by atoms with Gasteiger partial charge >= 0.3 is 0 Å². The first kappa shape index (κ1) is 14.4. The van der Waals surface area contributed by atoms with Crippen LogP contribution in [0, 0.1) is 0 Å². The van der Waals surface area contributed by atoms with Gasteiger partial charge in [0.05, 0.1) is 6.54 Å². The lowest BCUT2D eigenvalue weighted by Gasteiger charge is -2.20. The molecule has 1 rings (SSSR count). The topological polar surface area (TPSA) is 3.24 Å². The van der Waals surface area contributed by atoms with Gasteiger partial charge in [0.1, 0.15) is 0 Å². The Kier molecular flexibility index (Phi) is 7.13. The molecule has 0 bridgehead atoms. The largest absolute Gasteiger partial charge is 0.297 e. The second kappa shape index (κ2) is 8.43. The molecule has 0 spiro atoms. The van der Waals surface area contributed by atoms with Crippen LogP contribution in [0.15, 0.2) is 30.3 Å². The first-order valence-corrected chi connectivity index (χ1v) is 6.36. The summed E-state index contributed by atoms with van der Waals surface area (Å²) in [6, 6.07) is 10.1. The Bertz CT molecular complexity index is 293. The molecule has 0 atom stereocenters. The lowest BCUT2D eigenvalue weighted by Crippen LogP contribution is -2.32. The van der Waals surface area contributed by atoms with Gasteiger partial charge in [-0.3, -0.25) is 4.90 Å². The first-order chi connectivity index (χ1) is 8.22. The number of alkyl halides is 3. The molecule has 0 aliphatic heterocycles. The third-order valence-electron chi connectivity index (χ3n) is 2.58. The van der Waals surface area contributed by atoms with Gasteiger partial charge in [-0.25, -0.2) is 8.78 Å². The molecule has 0 saturated carbocycles. The molecule has 0 aliphatic rings. The zero-order valence-electron chi connectivity index (χ0n) is 9.79. The van der Waals surface area contributed by atoms with Crippen LogP contribution in [0.1, 0.15) is 12.0 Å². The maximum absolute atomic E-state index is 12.3. The van der Waals surface area contributed by atoms with E-state index in [1.807, 2.05) is 18.2 Å². The molecule has 1 aromatic rings. The van der Waals surface area contributed by atoms with Crippen molar-refractivity contribution in [1.29, 1.82) is 0 Å². The molecular weight excluding hydrogens is 244 g/mol. The van der Waals surface area contributed by atoms with E-state index in [1.54, 1.807) is 4.90 Å². The Morgan fingerprint density at radius 1 is 1.12 bits per heavy atom. The summed E-state index contributed by atoms with van der Waals surface area (Å²) < 4.78 is 24.5. The molecule has 0 aliphatic carbocycles. The molecule has 0 aromatic heterocycles. The van der Waals surface area contributed by atoms with Crippen LogP contribution in [0.3, 0.4) is 0 Å². The van der Waals surface area contributed by atoms with Gasteiger partial charge in [-0.1, -0.05) is 30.3 Å². The number of nitrogens with zero attached hydrogens (tertiary/aromatic N) is 1. The van der Waals surface area contributed by atoms with E-state index in [9.17, 15) is 8.78 Å². The van der Waals surface area contributed by atoms with Crippen LogP contribution < -0.4 is 0 Å². The molecule has 0 saturated heterocycles. The van der Waals surface area contributed by atoms with Crippen LogP contribution in [0.2, 0.25) is 0 Å². The molecule has 1 aromatic carbocycles. The number of rotatable bonds is 8. The number of halogens is 3. The summed E-state index contributed by atoms with van der Waals surface area (Å²) in [5.41, 5.74) is 1.25. The van der Waals surface area contributed by atoms with E-state index in [1.165, 1.54) is 5.56 Å². The van der Waals surface area contributed by atoms with Crippen molar-refractivity contribution in [2.24, 2.45) is 0 Å². The minimum Gasteiger partial charge on any atom is -0.297 e. The van der Waals surface area contributed by atoms with Crippen molar-refractivity contribution in [3.8, 4) is 0 Å². The minimum absolute atomic E-state index is 0.179. The van der Waals surface area contributed by atoms with Gasteiger partial charge in [0.2, 0.25) is 0 Å². The second-order valence-electron chi connectivity index (χ2n) is 3.97. The van der Waals surface area contributed by atoms with Gasteiger partial charge in [-0.15, -0.1) is 11.6 Å². The molecule has 0 heterocycles. The Morgan fingerprint density at radius 3 is 2.41 bits per heavy atom. The fourth-order valence-electron chi connectivity index (χ4n) is 1.76. The monoisotopic (exact) mass is 261 g/mol. The highest BCUT2D eigenvalue weighted by Crippen LogP contribution is 2.05. The summed E-state index contributed by atoms with van der Waals surface area (Å²) in [6.45, 7) is 1.02. The highest BCUT2D eigenvalue weighted by atomic mass is 35.5. The van der Waals surface area contributed by atoms with Gasteiger partial charge in [0.15, 0.2) is 0 Å². The highest BCUT2D eigenvalue weighted by Gasteiger charge is 2.10. The Balaban J connectivity index is 2.26. The van der Waals surface area contributed by atoms with E-state index < -0.39 is 6.43 Å². The molecule has 0 N–H and O–H groups in total. The van der Waals surface area contributed by atoms with Gasteiger partial charge < -0.3 is 0 Å². The van der Waals surface area contributed by atoms with Crippen molar-refractivity contribution in [2.75, 3.05) is 25.5 Å². The molecule has 0 fully saturated rings. The fraction of sp³-hybridized carbons (Fsp3) is 0.538. The molecule has 4 heteroatoms. The summed E-state index contributed by atoms with van der Waals surface area (Å²) in [5.74, 6) is 0.401.